The third-order valence-corrected chi connectivity index (χ3v) is 3.05. The second kappa shape index (κ2) is 7.98. The number of aromatic hydroxyl groups is 1. The van der Waals surface area contributed by atoms with Crippen molar-refractivity contribution >= 4 is 34.3 Å². The van der Waals surface area contributed by atoms with E-state index in [0.717, 1.165) is 6.07 Å². The van der Waals surface area contributed by atoms with Crippen molar-refractivity contribution in [2.45, 2.75) is 25.3 Å². The smallest absolute Gasteiger partial charge is 0.420 e. The van der Waals surface area contributed by atoms with Crippen LogP contribution in [-0.2, 0) is 15.7 Å². The maximum Gasteiger partial charge on any atom is 0.420 e. The molecule has 1 aromatic rings. The number of phenolic OH excluding ortho intramolecular Hbond substituents is 1. The van der Waals surface area contributed by atoms with Crippen molar-refractivity contribution in [1.82, 2.24) is 0 Å². The number of esters is 1. The van der Waals surface area contributed by atoms with Crippen molar-refractivity contribution in [3.8, 4) is 5.75 Å². The average molecular weight is 411 g/mol. The number of benzene rings is 1. The van der Waals surface area contributed by atoms with Crippen LogP contribution in [0.2, 0.25) is 0 Å². The van der Waals surface area contributed by atoms with E-state index in [2.05, 4.69) is 20.7 Å². The van der Waals surface area contributed by atoms with E-state index in [1.165, 1.54) is 6.92 Å². The normalized spacial score (nSPS) is 14.0. The Kier molecular flexibility index (Phi) is 7.60. The van der Waals surface area contributed by atoms with Crippen molar-refractivity contribution in [1.29, 1.82) is 0 Å². The number of carbonyl (C=O) groups excluding carboxylic acids is 1. The van der Waals surface area contributed by atoms with Gasteiger partial charge in [-0.25, -0.2) is 9.18 Å². The van der Waals surface area contributed by atoms with Gasteiger partial charge in [0.05, 0.1) is 18.2 Å². The molecule has 0 fully saturated rings. The number of hydrogen-bond acceptors (Lipinski definition) is 4. The van der Waals surface area contributed by atoms with Crippen LogP contribution in [0.5, 0.6) is 5.75 Å². The van der Waals surface area contributed by atoms with Crippen LogP contribution in [0.25, 0.3) is 0 Å². The number of halogens is 6. The Morgan fingerprint density at radius 3 is 2.45 bits per heavy atom. The molecule has 0 saturated carbocycles. The third kappa shape index (κ3) is 4.72. The van der Waals surface area contributed by atoms with Crippen molar-refractivity contribution < 1.29 is 32.2 Å². The average Bonchev–Trinajstić information content (AvgIpc) is 2.38. The molecule has 0 saturated heterocycles. The van der Waals surface area contributed by atoms with E-state index >= 15 is 0 Å². The minimum atomic E-state index is -4.85. The van der Waals surface area contributed by atoms with E-state index in [4.69, 9.17) is 5.73 Å². The first-order chi connectivity index (χ1) is 9.59. The summed E-state index contributed by atoms with van der Waals surface area (Å²) >= 11 is 2.82. The van der Waals surface area contributed by atoms with Gasteiger partial charge in [-0.2, -0.15) is 13.2 Å². The molecular weight excluding hydrogens is 397 g/mol. The lowest BCUT2D eigenvalue weighted by molar-refractivity contribution is -0.149. The molecule has 0 spiro atoms. The fourth-order valence-electron chi connectivity index (χ4n) is 1.62. The van der Waals surface area contributed by atoms with Crippen LogP contribution in [0.3, 0.4) is 0 Å². The van der Waals surface area contributed by atoms with Crippen molar-refractivity contribution in [2.75, 3.05) is 6.61 Å². The fourth-order valence-corrected chi connectivity index (χ4v) is 2.09. The first-order valence-electron chi connectivity index (χ1n) is 5.75. The van der Waals surface area contributed by atoms with Gasteiger partial charge in [-0.1, -0.05) is 15.9 Å². The van der Waals surface area contributed by atoms with Crippen molar-refractivity contribution in [3.63, 3.8) is 0 Å². The van der Waals surface area contributed by atoms with Gasteiger partial charge >= 0.3 is 12.1 Å². The molecule has 0 amide bonds. The quantitative estimate of drug-likeness (QED) is 0.589. The molecule has 3 N–H and O–H groups in total. The monoisotopic (exact) mass is 409 g/mol. The van der Waals surface area contributed by atoms with Crippen LogP contribution in [0.1, 0.15) is 24.1 Å². The Labute approximate surface area is 138 Å². The molecule has 2 atom stereocenters. The fraction of sp³-hybridized carbons (Fsp3) is 0.417. The Balaban J connectivity index is 0.00000441. The van der Waals surface area contributed by atoms with Crippen LogP contribution >= 0.6 is 28.3 Å². The highest BCUT2D eigenvalue weighted by atomic mass is 79.9. The Hall–Kier alpha value is -1.06. The minimum Gasteiger partial charge on any atom is -0.507 e. The number of carbonyl (C=O) groups is 1. The van der Waals surface area contributed by atoms with Gasteiger partial charge in [0.15, 0.2) is 0 Å². The van der Waals surface area contributed by atoms with Crippen molar-refractivity contribution in [3.05, 3.63) is 27.7 Å². The predicted octanol–water partition coefficient (Wildman–Crippen LogP) is 3.50. The van der Waals surface area contributed by atoms with Gasteiger partial charge in [0.25, 0.3) is 0 Å². The standard InChI is InChI=1S/C12H12BrF4NO3.ClH/c1-2-21-11(20)8(14)9(18)6-3-5(13)4-7(10(6)19)12(15,16)17;/h3-4,8-9,19H,2,18H2,1H3;1H/t8?,9-;/m0./s1. The van der Waals surface area contributed by atoms with Gasteiger partial charge in [0.2, 0.25) is 6.17 Å². The zero-order valence-corrected chi connectivity index (χ0v) is 13.6. The highest BCUT2D eigenvalue weighted by molar-refractivity contribution is 9.10. The lowest BCUT2D eigenvalue weighted by Crippen LogP contribution is -2.31. The van der Waals surface area contributed by atoms with Crippen molar-refractivity contribution in [2.24, 2.45) is 5.73 Å². The van der Waals surface area contributed by atoms with E-state index in [9.17, 15) is 27.5 Å². The molecule has 1 aromatic carbocycles. The maximum absolute atomic E-state index is 13.8. The molecule has 0 aliphatic rings. The number of ether oxygens (including phenoxy) is 1. The molecule has 1 rings (SSSR count). The SMILES string of the molecule is CCOC(=O)C(F)[C@@H](N)c1cc(Br)cc(C(F)(F)F)c1O.Cl. The number of phenols is 1. The molecule has 0 heterocycles. The Morgan fingerprint density at radius 2 is 2.00 bits per heavy atom. The first kappa shape index (κ1) is 20.9. The summed E-state index contributed by atoms with van der Waals surface area (Å²) in [6.45, 7) is 1.33. The molecule has 1 unspecified atom stereocenters. The molecule has 0 aromatic heterocycles. The molecule has 126 valence electrons. The summed E-state index contributed by atoms with van der Waals surface area (Å²) < 4.78 is 56.4. The van der Waals surface area contributed by atoms with Crippen LogP contribution in [0.4, 0.5) is 17.6 Å². The molecule has 0 radical (unpaired) electrons. The summed E-state index contributed by atoms with van der Waals surface area (Å²) in [7, 11) is 0. The molecule has 0 aliphatic carbocycles. The Bertz CT molecular complexity index is 542. The largest absolute Gasteiger partial charge is 0.507 e. The van der Waals surface area contributed by atoms with E-state index in [1.54, 1.807) is 0 Å². The van der Waals surface area contributed by atoms with E-state index < -0.39 is 41.2 Å². The number of alkyl halides is 4. The zero-order valence-electron chi connectivity index (χ0n) is 11.2. The predicted molar refractivity (Wildman–Crippen MR) is 76.5 cm³/mol. The second-order valence-corrected chi connectivity index (χ2v) is 4.98. The molecule has 0 bridgehead atoms. The minimum absolute atomic E-state index is 0. The van der Waals surface area contributed by atoms with Gasteiger partial charge in [-0.3, -0.25) is 0 Å². The highest BCUT2D eigenvalue weighted by Crippen LogP contribution is 2.41. The lowest BCUT2D eigenvalue weighted by atomic mass is 9.99. The van der Waals surface area contributed by atoms with Crippen LogP contribution in [0, 0.1) is 0 Å². The summed E-state index contributed by atoms with van der Waals surface area (Å²) in [6, 6.07) is -0.146. The number of nitrogens with two attached hydrogens (primary N) is 1. The molecule has 10 heteroatoms. The van der Waals surface area contributed by atoms with E-state index in [1.807, 2.05) is 0 Å². The van der Waals surface area contributed by atoms with E-state index in [0.29, 0.717) is 6.07 Å². The van der Waals surface area contributed by atoms with E-state index in [-0.39, 0.29) is 23.5 Å². The molecule has 4 nitrogen and oxygen atoms in total. The maximum atomic E-state index is 13.8. The van der Waals surface area contributed by atoms with Gasteiger partial charge < -0.3 is 15.6 Å². The van der Waals surface area contributed by atoms with Gasteiger partial charge in [0, 0.05) is 10.0 Å². The first-order valence-corrected chi connectivity index (χ1v) is 6.54. The summed E-state index contributed by atoms with van der Waals surface area (Å²) in [6.07, 6.45) is -7.25. The van der Waals surface area contributed by atoms with Gasteiger partial charge in [-0.05, 0) is 19.1 Å². The summed E-state index contributed by atoms with van der Waals surface area (Å²) in [5.74, 6) is -2.52. The summed E-state index contributed by atoms with van der Waals surface area (Å²) in [5.41, 5.74) is 3.51. The topological polar surface area (TPSA) is 72.5 Å². The van der Waals surface area contributed by atoms with Crippen LogP contribution in [-0.4, -0.2) is 23.9 Å². The highest BCUT2D eigenvalue weighted by Gasteiger charge is 2.38. The third-order valence-electron chi connectivity index (χ3n) is 2.60. The molecular formula is C12H13BrClF4NO3. The zero-order chi connectivity index (χ0) is 16.4. The Morgan fingerprint density at radius 1 is 1.45 bits per heavy atom. The lowest BCUT2D eigenvalue weighted by Gasteiger charge is -2.20. The number of rotatable bonds is 4. The van der Waals surface area contributed by atoms with Crippen LogP contribution < -0.4 is 5.73 Å². The molecule has 0 aliphatic heterocycles. The van der Waals surface area contributed by atoms with Crippen LogP contribution in [0.15, 0.2) is 16.6 Å². The number of hydrogen-bond donors (Lipinski definition) is 2. The second-order valence-electron chi connectivity index (χ2n) is 4.07. The van der Waals surface area contributed by atoms with Gasteiger partial charge in [-0.15, -0.1) is 12.4 Å². The van der Waals surface area contributed by atoms with Gasteiger partial charge in [0.1, 0.15) is 5.75 Å². The molecule has 22 heavy (non-hydrogen) atoms. The summed E-state index contributed by atoms with van der Waals surface area (Å²) in [4.78, 5) is 11.2. The summed E-state index contributed by atoms with van der Waals surface area (Å²) in [5, 5.41) is 9.64.